The molecule has 0 radical (unpaired) electrons. The Morgan fingerprint density at radius 3 is 2.88 bits per heavy atom. The van der Waals surface area contributed by atoms with Crippen LogP contribution in [0.5, 0.6) is 0 Å². The summed E-state index contributed by atoms with van der Waals surface area (Å²) >= 11 is 1.51. The third-order valence-electron chi connectivity index (χ3n) is 4.66. The molecule has 1 aromatic carbocycles. The maximum Gasteiger partial charge on any atom is 0.252 e. The molecule has 1 atom stereocenters. The van der Waals surface area contributed by atoms with E-state index in [4.69, 9.17) is 0 Å². The van der Waals surface area contributed by atoms with Crippen molar-refractivity contribution < 1.29 is 9.90 Å². The molecule has 1 fully saturated rings. The highest BCUT2D eigenvalue weighted by Gasteiger charge is 2.36. The van der Waals surface area contributed by atoms with Crippen LogP contribution >= 0.6 is 11.3 Å². The van der Waals surface area contributed by atoms with Crippen LogP contribution in [0.2, 0.25) is 0 Å². The van der Waals surface area contributed by atoms with Crippen molar-refractivity contribution in [1.82, 2.24) is 10.3 Å². The zero-order chi connectivity index (χ0) is 16.5. The highest BCUT2D eigenvalue weighted by atomic mass is 32.1. The third kappa shape index (κ3) is 2.92. The molecule has 1 amide bonds. The van der Waals surface area contributed by atoms with Gasteiger partial charge >= 0.3 is 0 Å². The third-order valence-corrected chi connectivity index (χ3v) is 5.34. The average molecular weight is 338 g/mol. The fourth-order valence-corrected chi connectivity index (χ4v) is 3.89. The molecule has 3 aromatic rings. The number of pyridine rings is 1. The lowest BCUT2D eigenvalue weighted by Crippen LogP contribution is -2.41. The van der Waals surface area contributed by atoms with Gasteiger partial charge < -0.3 is 10.4 Å². The number of para-hydroxylation sites is 1. The summed E-state index contributed by atoms with van der Waals surface area (Å²) in [6.07, 6.45) is 3.00. The van der Waals surface area contributed by atoms with Gasteiger partial charge in [-0.15, -0.1) is 0 Å². The average Bonchev–Trinajstić information content (AvgIpc) is 3.11. The molecule has 2 N–H and O–H groups in total. The standard InChI is InChI=1S/C19H18N2O2S/c22-16-8-14(9-16)18(21-19(23)13-5-6-24-11-13)15-7-12-3-1-2-4-17(12)20-10-15/h1-7,10-11,14,16,18,22H,8-9H2,(H,21,23). The van der Waals surface area contributed by atoms with Gasteiger partial charge in [0.05, 0.1) is 23.2 Å². The second-order valence-corrected chi connectivity index (χ2v) is 7.09. The summed E-state index contributed by atoms with van der Waals surface area (Å²) < 4.78 is 0. The summed E-state index contributed by atoms with van der Waals surface area (Å²) in [7, 11) is 0. The van der Waals surface area contributed by atoms with Crippen molar-refractivity contribution in [2.75, 3.05) is 0 Å². The number of nitrogens with one attached hydrogen (secondary N) is 1. The first kappa shape index (κ1) is 15.3. The maximum atomic E-state index is 12.5. The van der Waals surface area contributed by atoms with Crippen molar-refractivity contribution in [3.63, 3.8) is 0 Å². The van der Waals surface area contributed by atoms with Crippen LogP contribution in [-0.4, -0.2) is 22.1 Å². The molecule has 1 unspecified atom stereocenters. The Labute approximate surface area is 144 Å². The van der Waals surface area contributed by atoms with Crippen LogP contribution in [0.4, 0.5) is 0 Å². The van der Waals surface area contributed by atoms with Crippen molar-refractivity contribution in [2.24, 2.45) is 5.92 Å². The van der Waals surface area contributed by atoms with Crippen LogP contribution in [0.3, 0.4) is 0 Å². The summed E-state index contributed by atoms with van der Waals surface area (Å²) in [5.41, 5.74) is 2.62. The molecule has 2 heterocycles. The molecule has 5 heteroatoms. The van der Waals surface area contributed by atoms with Gasteiger partial charge in [0.15, 0.2) is 0 Å². The summed E-state index contributed by atoms with van der Waals surface area (Å²) in [5.74, 6) is 0.168. The van der Waals surface area contributed by atoms with Crippen molar-refractivity contribution >= 4 is 28.1 Å². The molecule has 1 aliphatic rings. The number of rotatable bonds is 4. The van der Waals surface area contributed by atoms with Gasteiger partial charge in [-0.25, -0.2) is 0 Å². The number of nitrogens with zero attached hydrogens (tertiary/aromatic N) is 1. The van der Waals surface area contributed by atoms with Crippen molar-refractivity contribution in [2.45, 2.75) is 25.0 Å². The monoisotopic (exact) mass is 338 g/mol. The van der Waals surface area contributed by atoms with E-state index in [0.29, 0.717) is 18.4 Å². The van der Waals surface area contributed by atoms with Gasteiger partial charge in [0.2, 0.25) is 0 Å². The number of thiophene rings is 1. The van der Waals surface area contributed by atoms with E-state index in [0.717, 1.165) is 16.5 Å². The lowest BCUT2D eigenvalue weighted by Gasteiger charge is -2.38. The fourth-order valence-electron chi connectivity index (χ4n) is 3.25. The number of benzene rings is 1. The van der Waals surface area contributed by atoms with Gasteiger partial charge in [-0.3, -0.25) is 9.78 Å². The molecule has 4 nitrogen and oxygen atoms in total. The van der Waals surface area contributed by atoms with Crippen molar-refractivity contribution in [3.05, 3.63) is 64.5 Å². The molecule has 0 saturated heterocycles. The van der Waals surface area contributed by atoms with Crippen LogP contribution < -0.4 is 5.32 Å². The highest BCUT2D eigenvalue weighted by molar-refractivity contribution is 7.08. The smallest absolute Gasteiger partial charge is 0.252 e. The summed E-state index contributed by atoms with van der Waals surface area (Å²) in [4.78, 5) is 17.0. The molecule has 122 valence electrons. The predicted octanol–water partition coefficient (Wildman–Crippen LogP) is 3.54. The number of fused-ring (bicyclic) bond motifs is 1. The van der Waals surface area contributed by atoms with E-state index >= 15 is 0 Å². The topological polar surface area (TPSA) is 62.2 Å². The predicted molar refractivity (Wildman–Crippen MR) is 95.0 cm³/mol. The Balaban J connectivity index is 1.65. The molecule has 1 saturated carbocycles. The Morgan fingerprint density at radius 2 is 2.12 bits per heavy atom. The number of carbonyl (C=O) groups excluding carboxylic acids is 1. The molecule has 24 heavy (non-hydrogen) atoms. The van der Waals surface area contributed by atoms with E-state index in [-0.39, 0.29) is 24.0 Å². The van der Waals surface area contributed by atoms with Gasteiger partial charge in [-0.1, -0.05) is 18.2 Å². The highest BCUT2D eigenvalue weighted by Crippen LogP contribution is 2.38. The van der Waals surface area contributed by atoms with E-state index < -0.39 is 0 Å². The molecular formula is C19H18N2O2S. The largest absolute Gasteiger partial charge is 0.393 e. The van der Waals surface area contributed by atoms with Gasteiger partial charge in [0.25, 0.3) is 5.91 Å². The first-order valence-electron chi connectivity index (χ1n) is 8.06. The molecule has 2 aromatic heterocycles. The number of amides is 1. The number of aliphatic hydroxyl groups is 1. The minimum absolute atomic E-state index is 0.0733. The van der Waals surface area contributed by atoms with Gasteiger partial charge in [-0.2, -0.15) is 11.3 Å². The normalized spacial score (nSPS) is 21.2. The van der Waals surface area contributed by atoms with Gasteiger partial charge in [0, 0.05) is 17.0 Å². The van der Waals surface area contributed by atoms with E-state index in [1.165, 1.54) is 11.3 Å². The molecule has 1 aliphatic carbocycles. The van der Waals surface area contributed by atoms with Crippen LogP contribution in [0.1, 0.15) is 34.8 Å². The quantitative estimate of drug-likeness (QED) is 0.765. The number of hydrogen-bond donors (Lipinski definition) is 2. The number of carbonyl (C=O) groups is 1. The maximum absolute atomic E-state index is 12.5. The molecule has 0 aliphatic heterocycles. The summed E-state index contributed by atoms with van der Waals surface area (Å²) in [6.45, 7) is 0. The first-order chi connectivity index (χ1) is 11.7. The van der Waals surface area contributed by atoms with Crippen molar-refractivity contribution in [3.8, 4) is 0 Å². The van der Waals surface area contributed by atoms with Crippen LogP contribution in [0.15, 0.2) is 53.4 Å². The zero-order valence-corrected chi connectivity index (χ0v) is 13.9. The Kier molecular flexibility index (Phi) is 4.04. The Morgan fingerprint density at radius 1 is 1.29 bits per heavy atom. The summed E-state index contributed by atoms with van der Waals surface area (Å²) in [6, 6.07) is 11.7. The number of aliphatic hydroxyl groups excluding tert-OH is 1. The minimum Gasteiger partial charge on any atom is -0.393 e. The fraction of sp³-hybridized carbons (Fsp3) is 0.263. The van der Waals surface area contributed by atoms with E-state index in [2.05, 4.69) is 16.4 Å². The van der Waals surface area contributed by atoms with Crippen molar-refractivity contribution in [1.29, 1.82) is 0 Å². The second kappa shape index (κ2) is 6.34. The minimum atomic E-state index is -0.260. The Hall–Kier alpha value is -2.24. The van der Waals surface area contributed by atoms with Crippen LogP contribution in [0.25, 0.3) is 10.9 Å². The molecule has 0 bridgehead atoms. The Bertz CT molecular complexity index is 857. The number of aromatic nitrogens is 1. The molecular weight excluding hydrogens is 320 g/mol. The first-order valence-corrected chi connectivity index (χ1v) is 9.01. The SMILES string of the molecule is O=C(NC(c1cnc2ccccc2c1)C1CC(O)C1)c1ccsc1. The van der Waals surface area contributed by atoms with Gasteiger partial charge in [-0.05, 0) is 47.9 Å². The van der Waals surface area contributed by atoms with E-state index in [1.807, 2.05) is 47.3 Å². The zero-order valence-electron chi connectivity index (χ0n) is 13.1. The lowest BCUT2D eigenvalue weighted by molar-refractivity contribution is 0.0235. The van der Waals surface area contributed by atoms with E-state index in [1.54, 1.807) is 0 Å². The lowest BCUT2D eigenvalue weighted by atomic mass is 9.75. The van der Waals surface area contributed by atoms with E-state index in [9.17, 15) is 9.90 Å². The molecule has 4 rings (SSSR count). The van der Waals surface area contributed by atoms with Crippen LogP contribution in [0, 0.1) is 5.92 Å². The summed E-state index contributed by atoms with van der Waals surface area (Å²) in [5, 5.41) is 17.6. The second-order valence-electron chi connectivity index (χ2n) is 6.31. The number of hydrogen-bond acceptors (Lipinski definition) is 4. The van der Waals surface area contributed by atoms with Gasteiger partial charge in [0.1, 0.15) is 0 Å². The molecule has 0 spiro atoms. The van der Waals surface area contributed by atoms with Crippen LogP contribution in [-0.2, 0) is 0 Å².